The highest BCUT2D eigenvalue weighted by atomic mass is 19.1. The Bertz CT molecular complexity index is 1290. The van der Waals surface area contributed by atoms with Crippen LogP contribution in [-0.2, 0) is 29.8 Å². The summed E-state index contributed by atoms with van der Waals surface area (Å²) in [6.07, 6.45) is 2.92. The normalized spacial score (nSPS) is 25.8. The van der Waals surface area contributed by atoms with Crippen LogP contribution in [0.1, 0.15) is 28.7 Å². The maximum absolute atomic E-state index is 14.5. The molecule has 6 heteroatoms. The maximum Gasteiger partial charge on any atom is 0.221 e. The highest BCUT2D eigenvalue weighted by Crippen LogP contribution is 2.61. The van der Waals surface area contributed by atoms with Crippen LogP contribution in [0, 0.1) is 11.2 Å². The van der Waals surface area contributed by atoms with Gasteiger partial charge in [0.2, 0.25) is 11.7 Å². The van der Waals surface area contributed by atoms with Gasteiger partial charge in [0.1, 0.15) is 5.82 Å². The first-order chi connectivity index (χ1) is 15.4. The maximum atomic E-state index is 14.5. The molecule has 0 fully saturated rings. The third-order valence-corrected chi connectivity index (χ3v) is 7.40. The lowest BCUT2D eigenvalue weighted by Gasteiger charge is -2.44. The minimum Gasteiger partial charge on any atom is -0.399 e. The second kappa shape index (κ2) is 6.56. The van der Waals surface area contributed by atoms with Crippen LogP contribution in [0.25, 0.3) is 11.1 Å². The van der Waals surface area contributed by atoms with Gasteiger partial charge in [0, 0.05) is 23.7 Å². The van der Waals surface area contributed by atoms with E-state index in [0.717, 1.165) is 46.3 Å². The predicted octanol–water partition coefficient (Wildman–Crippen LogP) is 4.15. The quantitative estimate of drug-likeness (QED) is 0.571. The molecule has 1 heterocycles. The highest BCUT2D eigenvalue weighted by molar-refractivity contribution is 5.79. The number of nitrogens with zero attached hydrogens (tertiary/aromatic N) is 2. The third-order valence-electron chi connectivity index (χ3n) is 7.40. The molecule has 0 bridgehead atoms. The minimum atomic E-state index is -0.929. The summed E-state index contributed by atoms with van der Waals surface area (Å²) in [6.45, 7) is 0. The number of nitrogen functional groups attached to an aromatic ring is 1. The molecule has 5 nitrogen and oxygen atoms in total. The van der Waals surface area contributed by atoms with E-state index in [1.165, 1.54) is 5.56 Å². The van der Waals surface area contributed by atoms with Gasteiger partial charge < -0.3 is 11.5 Å². The van der Waals surface area contributed by atoms with Gasteiger partial charge in [0.05, 0.1) is 0 Å². The standard InChI is InChI=1S/C26H25FN4O/c1-31-24(29)30-26(32-31)22-13-17(16-4-2-6-20(28)12-16)8-9-19(22)15-25(26)11-10-21-18(14-25)5-3-7-23(21)27/h2-9,12-13H,10-11,14-15,28H2,1H3,(H2,29,30). The molecule has 162 valence electrons. The monoisotopic (exact) mass is 428 g/mol. The number of guanidine groups is 1. The SMILES string of the molecule is CN1OC2(N=C1N)c1cc(-c3cccc(N)c3)ccc1CC21CCc2c(F)cccc2C1. The second-order valence-electron chi connectivity index (χ2n) is 9.21. The third kappa shape index (κ3) is 2.56. The Morgan fingerprint density at radius 3 is 2.53 bits per heavy atom. The first kappa shape index (κ1) is 19.3. The van der Waals surface area contributed by atoms with Gasteiger partial charge in [-0.15, -0.1) is 0 Å². The van der Waals surface area contributed by atoms with Crippen molar-refractivity contribution in [1.82, 2.24) is 5.06 Å². The van der Waals surface area contributed by atoms with Gasteiger partial charge in [0.15, 0.2) is 0 Å². The molecule has 32 heavy (non-hydrogen) atoms. The molecule has 4 N–H and O–H groups in total. The second-order valence-corrected chi connectivity index (χ2v) is 9.21. The zero-order chi connectivity index (χ0) is 22.1. The van der Waals surface area contributed by atoms with Crippen molar-refractivity contribution in [2.45, 2.75) is 31.4 Å². The lowest BCUT2D eigenvalue weighted by atomic mass is 9.65. The number of hydrogen-bond acceptors (Lipinski definition) is 5. The first-order valence-corrected chi connectivity index (χ1v) is 10.9. The van der Waals surface area contributed by atoms with Crippen LogP contribution in [0.15, 0.2) is 65.7 Å². The van der Waals surface area contributed by atoms with E-state index < -0.39 is 5.72 Å². The van der Waals surface area contributed by atoms with Crippen molar-refractivity contribution in [3.8, 4) is 11.1 Å². The van der Waals surface area contributed by atoms with E-state index >= 15 is 0 Å². The topological polar surface area (TPSA) is 76.9 Å². The van der Waals surface area contributed by atoms with Crippen LogP contribution in [0.4, 0.5) is 10.1 Å². The number of rotatable bonds is 1. The smallest absolute Gasteiger partial charge is 0.221 e. The zero-order valence-corrected chi connectivity index (χ0v) is 17.9. The van der Waals surface area contributed by atoms with E-state index in [0.29, 0.717) is 18.8 Å². The average molecular weight is 429 g/mol. The van der Waals surface area contributed by atoms with Crippen molar-refractivity contribution in [1.29, 1.82) is 0 Å². The van der Waals surface area contributed by atoms with Crippen LogP contribution in [0.5, 0.6) is 0 Å². The van der Waals surface area contributed by atoms with Gasteiger partial charge in [-0.25, -0.2) is 19.3 Å². The minimum absolute atomic E-state index is 0.127. The van der Waals surface area contributed by atoms with Crippen molar-refractivity contribution < 1.29 is 9.23 Å². The lowest BCUT2D eigenvalue weighted by Crippen LogP contribution is -2.47. The summed E-state index contributed by atoms with van der Waals surface area (Å²) >= 11 is 0. The number of anilines is 1. The van der Waals surface area contributed by atoms with Crippen LogP contribution in [-0.4, -0.2) is 18.1 Å². The largest absolute Gasteiger partial charge is 0.399 e. The Balaban J connectivity index is 1.52. The number of hydrogen-bond donors (Lipinski definition) is 2. The molecule has 3 aliphatic rings. The number of fused-ring (bicyclic) bond motifs is 4. The van der Waals surface area contributed by atoms with E-state index in [1.54, 1.807) is 24.2 Å². The fraction of sp³-hybridized carbons (Fsp3) is 0.269. The summed E-state index contributed by atoms with van der Waals surface area (Å²) in [5, 5.41) is 1.56. The van der Waals surface area contributed by atoms with Gasteiger partial charge in [-0.2, -0.15) is 0 Å². The molecule has 0 aromatic heterocycles. The lowest BCUT2D eigenvalue weighted by molar-refractivity contribution is -0.224. The van der Waals surface area contributed by atoms with Gasteiger partial charge in [0.25, 0.3) is 0 Å². The molecule has 0 amide bonds. The molecule has 2 aliphatic carbocycles. The summed E-state index contributed by atoms with van der Waals surface area (Å²) in [5.74, 6) is 0.231. The highest BCUT2D eigenvalue weighted by Gasteiger charge is 2.63. The fourth-order valence-corrected chi connectivity index (χ4v) is 5.84. The van der Waals surface area contributed by atoms with Crippen LogP contribution < -0.4 is 11.5 Å². The molecule has 2 atom stereocenters. The molecular formula is C26H25FN4O. The van der Waals surface area contributed by atoms with Gasteiger partial charge in [-0.1, -0.05) is 36.4 Å². The number of hydroxylamine groups is 2. The van der Waals surface area contributed by atoms with Gasteiger partial charge >= 0.3 is 0 Å². The van der Waals surface area contributed by atoms with Gasteiger partial charge in [-0.05, 0) is 77.8 Å². The number of halogens is 1. The first-order valence-electron chi connectivity index (χ1n) is 10.9. The van der Waals surface area contributed by atoms with E-state index in [2.05, 4.69) is 18.2 Å². The zero-order valence-electron chi connectivity index (χ0n) is 17.9. The Morgan fingerprint density at radius 2 is 1.75 bits per heavy atom. The van der Waals surface area contributed by atoms with E-state index in [-0.39, 0.29) is 11.2 Å². The van der Waals surface area contributed by atoms with Crippen LogP contribution in [0.3, 0.4) is 0 Å². The van der Waals surface area contributed by atoms with Gasteiger partial charge in [-0.3, -0.25) is 0 Å². The number of benzene rings is 3. The molecule has 1 aliphatic heterocycles. The molecule has 0 saturated heterocycles. The molecule has 3 aromatic rings. The summed E-state index contributed by atoms with van der Waals surface area (Å²) in [6, 6.07) is 19.7. The molecular weight excluding hydrogens is 403 g/mol. The van der Waals surface area contributed by atoms with E-state index in [1.807, 2.05) is 30.3 Å². The summed E-state index contributed by atoms with van der Waals surface area (Å²) in [4.78, 5) is 11.4. The van der Waals surface area contributed by atoms with E-state index in [9.17, 15) is 4.39 Å². The van der Waals surface area contributed by atoms with Crippen molar-refractivity contribution in [3.05, 3.63) is 88.7 Å². The predicted molar refractivity (Wildman–Crippen MR) is 123 cm³/mol. The molecule has 2 unspecified atom stereocenters. The molecule has 3 aromatic carbocycles. The van der Waals surface area contributed by atoms with Crippen LogP contribution in [0.2, 0.25) is 0 Å². The Morgan fingerprint density at radius 1 is 0.969 bits per heavy atom. The fourth-order valence-electron chi connectivity index (χ4n) is 5.84. The molecule has 2 spiro atoms. The Labute approximate surface area is 186 Å². The Hall–Kier alpha value is -3.38. The summed E-state index contributed by atoms with van der Waals surface area (Å²) in [5.41, 5.74) is 17.9. The molecule has 0 radical (unpaired) electrons. The average Bonchev–Trinajstić information content (AvgIpc) is 3.21. The number of aliphatic imine (C=N–C) groups is 1. The summed E-state index contributed by atoms with van der Waals surface area (Å²) < 4.78 is 14.5. The summed E-state index contributed by atoms with van der Waals surface area (Å²) in [7, 11) is 1.79. The number of nitrogens with two attached hydrogens (primary N) is 2. The van der Waals surface area contributed by atoms with Crippen molar-refractivity contribution in [2.24, 2.45) is 16.1 Å². The molecule has 0 saturated carbocycles. The van der Waals surface area contributed by atoms with Crippen LogP contribution >= 0.6 is 0 Å². The van der Waals surface area contributed by atoms with Crippen molar-refractivity contribution in [3.63, 3.8) is 0 Å². The molecule has 6 rings (SSSR count). The van der Waals surface area contributed by atoms with Crippen molar-refractivity contribution in [2.75, 3.05) is 12.8 Å². The van der Waals surface area contributed by atoms with E-state index in [4.69, 9.17) is 21.3 Å². The van der Waals surface area contributed by atoms with Crippen molar-refractivity contribution >= 4 is 11.6 Å². The Kier molecular flexibility index (Phi) is 3.96.